The number of allylic oxidation sites excluding steroid dienone is 3. The summed E-state index contributed by atoms with van der Waals surface area (Å²) >= 11 is 0. The fraction of sp³-hybridized carbons (Fsp3) is 0.921. The quantitative estimate of drug-likeness (QED) is 0.0243. The highest BCUT2D eigenvalue weighted by atomic mass is 31.2. The summed E-state index contributed by atoms with van der Waals surface area (Å²) in [5.74, 6) is -0.180. The number of aliphatic hydroxyl groups is 1. The lowest BCUT2D eigenvalue weighted by atomic mass is 10.0. The number of unbranched alkanes of at least 4 members (excludes halogenated alkanes) is 44. The van der Waals surface area contributed by atoms with Gasteiger partial charge in [-0.25, -0.2) is 4.57 Å². The molecule has 9 heteroatoms. The monoisotopic (exact) mass is 1040 g/mol. The maximum Gasteiger partial charge on any atom is 0.472 e. The molecule has 0 heterocycles. The lowest BCUT2D eigenvalue weighted by Crippen LogP contribution is -2.45. The lowest BCUT2D eigenvalue weighted by molar-refractivity contribution is -0.870. The molecular weight excluding hydrogens is 912 g/mol. The van der Waals surface area contributed by atoms with Crippen molar-refractivity contribution in [2.45, 2.75) is 334 Å². The van der Waals surface area contributed by atoms with Gasteiger partial charge in [-0.15, -0.1) is 0 Å². The van der Waals surface area contributed by atoms with Gasteiger partial charge in [-0.1, -0.05) is 308 Å². The van der Waals surface area contributed by atoms with Gasteiger partial charge in [0.05, 0.1) is 39.9 Å². The van der Waals surface area contributed by atoms with E-state index in [1.165, 1.54) is 263 Å². The first-order valence-corrected chi connectivity index (χ1v) is 33.2. The van der Waals surface area contributed by atoms with E-state index >= 15 is 0 Å². The number of likely N-dealkylation sites (N-methyl/N-ethyl adjacent to an activating group) is 1. The Balaban J connectivity index is 4.14. The van der Waals surface area contributed by atoms with Crippen LogP contribution in [0.4, 0.5) is 0 Å². The number of amides is 1. The fourth-order valence-electron chi connectivity index (χ4n) is 9.71. The number of hydrogen-bond donors (Lipinski definition) is 3. The second-order valence-electron chi connectivity index (χ2n) is 23.1. The van der Waals surface area contributed by atoms with Crippen LogP contribution in [0.25, 0.3) is 0 Å². The van der Waals surface area contributed by atoms with E-state index in [-0.39, 0.29) is 19.1 Å². The predicted octanol–water partition coefficient (Wildman–Crippen LogP) is 19.5. The first kappa shape index (κ1) is 71.0. The molecule has 0 aromatic rings. The molecule has 3 N–H and O–H groups in total. The average Bonchev–Trinajstić information content (AvgIpc) is 3.34. The van der Waals surface area contributed by atoms with Crippen molar-refractivity contribution in [3.63, 3.8) is 0 Å². The van der Waals surface area contributed by atoms with Gasteiger partial charge >= 0.3 is 7.82 Å². The molecular formula is C63H126N2O6P+. The van der Waals surface area contributed by atoms with Crippen molar-refractivity contribution in [1.82, 2.24) is 5.32 Å². The maximum absolute atomic E-state index is 13.0. The molecule has 0 fully saturated rings. The highest BCUT2D eigenvalue weighted by molar-refractivity contribution is 7.47. The van der Waals surface area contributed by atoms with Gasteiger partial charge in [0.25, 0.3) is 0 Å². The molecule has 3 unspecified atom stereocenters. The van der Waals surface area contributed by atoms with Crippen LogP contribution in [0.15, 0.2) is 24.3 Å². The zero-order valence-corrected chi connectivity index (χ0v) is 49.8. The summed E-state index contributed by atoms with van der Waals surface area (Å²) in [5, 5.41) is 14.0. The minimum Gasteiger partial charge on any atom is -0.387 e. The number of carbonyl (C=O) groups excluding carboxylic acids is 1. The van der Waals surface area contributed by atoms with Crippen molar-refractivity contribution in [2.24, 2.45) is 0 Å². The summed E-state index contributed by atoms with van der Waals surface area (Å²) in [5.41, 5.74) is 0. The third-order valence-corrected chi connectivity index (χ3v) is 15.7. The summed E-state index contributed by atoms with van der Waals surface area (Å²) < 4.78 is 23.7. The number of rotatable bonds is 59. The Morgan fingerprint density at radius 3 is 1.11 bits per heavy atom. The van der Waals surface area contributed by atoms with Crippen LogP contribution in [0.2, 0.25) is 0 Å². The molecule has 0 bridgehead atoms. The Bertz CT molecular complexity index is 1220. The van der Waals surface area contributed by atoms with E-state index in [1.54, 1.807) is 6.08 Å². The smallest absolute Gasteiger partial charge is 0.387 e. The Morgan fingerprint density at radius 1 is 0.458 bits per heavy atom. The highest BCUT2D eigenvalue weighted by Crippen LogP contribution is 2.43. The minimum atomic E-state index is -4.35. The number of carbonyl (C=O) groups is 1. The van der Waals surface area contributed by atoms with E-state index < -0.39 is 20.0 Å². The molecule has 0 saturated heterocycles. The number of aliphatic hydroxyl groups excluding tert-OH is 1. The van der Waals surface area contributed by atoms with E-state index in [0.717, 1.165) is 38.5 Å². The van der Waals surface area contributed by atoms with E-state index in [0.29, 0.717) is 17.4 Å². The Hall–Kier alpha value is -1.02. The van der Waals surface area contributed by atoms with E-state index in [9.17, 15) is 19.4 Å². The van der Waals surface area contributed by atoms with Crippen molar-refractivity contribution in [2.75, 3.05) is 40.9 Å². The molecule has 0 aliphatic rings. The molecule has 8 nitrogen and oxygen atoms in total. The normalized spacial score (nSPS) is 13.9. The van der Waals surface area contributed by atoms with Crippen molar-refractivity contribution in [3.8, 4) is 0 Å². The van der Waals surface area contributed by atoms with Gasteiger partial charge in [-0.05, 0) is 32.1 Å². The van der Waals surface area contributed by atoms with E-state index in [4.69, 9.17) is 9.05 Å². The Kier molecular flexibility index (Phi) is 54.0. The largest absolute Gasteiger partial charge is 0.472 e. The number of phosphoric acid groups is 1. The van der Waals surface area contributed by atoms with Crippen molar-refractivity contribution in [3.05, 3.63) is 24.3 Å². The molecule has 0 aliphatic heterocycles. The zero-order chi connectivity index (χ0) is 52.7. The van der Waals surface area contributed by atoms with Crippen LogP contribution in [0.5, 0.6) is 0 Å². The molecule has 0 aromatic heterocycles. The topological polar surface area (TPSA) is 105 Å². The molecule has 0 spiro atoms. The van der Waals surface area contributed by atoms with E-state index in [2.05, 4.69) is 31.3 Å². The van der Waals surface area contributed by atoms with Crippen LogP contribution < -0.4 is 5.32 Å². The molecule has 3 atom stereocenters. The van der Waals surface area contributed by atoms with Crippen LogP contribution in [-0.2, 0) is 18.4 Å². The summed E-state index contributed by atoms with van der Waals surface area (Å²) in [7, 11) is 1.57. The van der Waals surface area contributed by atoms with Gasteiger partial charge in [-0.2, -0.15) is 0 Å². The van der Waals surface area contributed by atoms with Gasteiger partial charge in [0.15, 0.2) is 0 Å². The van der Waals surface area contributed by atoms with Gasteiger partial charge < -0.3 is 19.8 Å². The van der Waals surface area contributed by atoms with Crippen molar-refractivity contribution >= 4 is 13.7 Å². The Labute approximate surface area is 449 Å². The summed E-state index contributed by atoms with van der Waals surface area (Å²) in [6, 6.07) is -0.861. The molecule has 0 saturated carbocycles. The molecule has 72 heavy (non-hydrogen) atoms. The molecule has 0 aromatic carbocycles. The number of hydrogen-bond acceptors (Lipinski definition) is 5. The highest BCUT2D eigenvalue weighted by Gasteiger charge is 2.27. The minimum absolute atomic E-state index is 0.0589. The fourth-order valence-corrected chi connectivity index (χ4v) is 10.4. The van der Waals surface area contributed by atoms with Crippen molar-refractivity contribution < 1.29 is 32.9 Å². The number of quaternary nitrogens is 1. The molecule has 0 aliphatic carbocycles. The molecule has 1 amide bonds. The third kappa shape index (κ3) is 56.7. The van der Waals surface area contributed by atoms with Gasteiger partial charge in [0, 0.05) is 6.42 Å². The molecule has 428 valence electrons. The average molecular weight is 1040 g/mol. The van der Waals surface area contributed by atoms with Crippen molar-refractivity contribution in [1.29, 1.82) is 0 Å². The number of phosphoric ester groups is 1. The van der Waals surface area contributed by atoms with Crippen LogP contribution in [0, 0.1) is 0 Å². The van der Waals surface area contributed by atoms with Crippen LogP contribution in [-0.4, -0.2) is 73.4 Å². The van der Waals surface area contributed by atoms with Gasteiger partial charge in [-0.3, -0.25) is 13.8 Å². The van der Waals surface area contributed by atoms with Crippen LogP contribution >= 0.6 is 7.82 Å². The van der Waals surface area contributed by atoms with Gasteiger partial charge in [0.1, 0.15) is 13.2 Å². The number of nitrogens with one attached hydrogen (secondary N) is 1. The van der Waals surface area contributed by atoms with Crippen LogP contribution in [0.3, 0.4) is 0 Å². The lowest BCUT2D eigenvalue weighted by Gasteiger charge is -2.25. The second kappa shape index (κ2) is 54.8. The summed E-state index contributed by atoms with van der Waals surface area (Å²) in [4.78, 5) is 23.3. The van der Waals surface area contributed by atoms with Crippen LogP contribution in [0.1, 0.15) is 322 Å². The maximum atomic E-state index is 13.0. The SMILES string of the molecule is CCCCCCCCCCCCCCCCCCCCCCCCC/C=C/CC/C=C/C(O)C(COP(=O)(O)OCC[N+](C)(C)C)NC(=O)CCCCCCCCCCCCCCCCCCCCCCC. The summed E-state index contributed by atoms with van der Waals surface area (Å²) in [6.07, 6.45) is 70.2. The molecule has 0 radical (unpaired) electrons. The third-order valence-electron chi connectivity index (χ3n) is 14.7. The van der Waals surface area contributed by atoms with Gasteiger partial charge in [0.2, 0.25) is 5.91 Å². The Morgan fingerprint density at radius 2 is 0.764 bits per heavy atom. The number of nitrogens with zero attached hydrogens (tertiary/aromatic N) is 1. The standard InChI is InChI=1S/C63H125N2O6P/c1-6-8-10-12-14-16-18-20-22-24-26-28-29-30-31-32-33-34-35-37-38-40-42-44-46-48-50-52-54-56-62(66)61(60-71-72(68,69)70-59-58-65(3,4)5)64-63(67)57-55-53-51-49-47-45-43-41-39-36-27-25-23-21-19-17-15-13-11-9-7-2/h46,48,54,56,61-62,66H,6-45,47,49-53,55,57-60H2,1-5H3,(H-,64,67,68,69)/p+1/b48-46+,56-54+. The first-order valence-electron chi connectivity index (χ1n) is 31.7. The second-order valence-corrected chi connectivity index (χ2v) is 24.6. The first-order chi connectivity index (χ1) is 35.0. The van der Waals surface area contributed by atoms with E-state index in [1.807, 2.05) is 27.2 Å². The molecule has 0 rings (SSSR count). The zero-order valence-electron chi connectivity index (χ0n) is 48.9. The summed E-state index contributed by atoms with van der Waals surface area (Å²) in [6.45, 7) is 4.85. The predicted molar refractivity (Wildman–Crippen MR) is 314 cm³/mol.